The summed E-state index contributed by atoms with van der Waals surface area (Å²) < 4.78 is 3.94. The summed E-state index contributed by atoms with van der Waals surface area (Å²) in [5, 5.41) is 5.28. The van der Waals surface area contributed by atoms with Gasteiger partial charge in [-0.3, -0.25) is 4.79 Å². The molecule has 0 saturated carbocycles. The molecule has 0 aliphatic carbocycles. The van der Waals surface area contributed by atoms with Gasteiger partial charge in [0.15, 0.2) is 0 Å². The Morgan fingerprint density at radius 2 is 2.08 bits per heavy atom. The molecule has 1 aromatic carbocycles. The maximum Gasteiger partial charge on any atom is 0.268 e. The molecule has 1 unspecified atom stereocenters. The number of aromatic amines is 1. The number of rotatable bonds is 1. The van der Waals surface area contributed by atoms with Crippen LogP contribution in [0.1, 0.15) is 53.4 Å². The number of hydrogen-bond donors (Lipinski definition) is 1. The van der Waals surface area contributed by atoms with E-state index in [2.05, 4.69) is 53.5 Å². The zero-order valence-electron chi connectivity index (χ0n) is 15.0. The van der Waals surface area contributed by atoms with Crippen molar-refractivity contribution in [3.05, 3.63) is 46.1 Å². The van der Waals surface area contributed by atoms with E-state index in [4.69, 9.17) is 0 Å². The van der Waals surface area contributed by atoms with Gasteiger partial charge < -0.3 is 9.88 Å². The van der Waals surface area contributed by atoms with Crippen LogP contribution in [0.15, 0.2) is 24.3 Å². The summed E-state index contributed by atoms with van der Waals surface area (Å²) in [5.74, 6) is 0.0386. The first-order chi connectivity index (χ1) is 11.9. The molecule has 0 spiro atoms. The lowest BCUT2D eigenvalue weighted by Crippen LogP contribution is -2.45. The molecule has 1 aliphatic heterocycles. The zero-order chi connectivity index (χ0) is 17.8. The van der Waals surface area contributed by atoms with Crippen molar-refractivity contribution in [3.63, 3.8) is 0 Å². The van der Waals surface area contributed by atoms with E-state index in [1.54, 1.807) is 0 Å². The molecule has 130 valence electrons. The highest BCUT2D eigenvalue weighted by atomic mass is 32.1. The molecule has 1 N–H and O–H groups in total. The maximum absolute atomic E-state index is 13.2. The fraction of sp³-hybridized carbons (Fsp3) is 0.421. The molecule has 6 heteroatoms. The number of para-hydroxylation sites is 1. The highest BCUT2D eigenvalue weighted by Crippen LogP contribution is 2.44. The molecule has 0 fully saturated rings. The van der Waals surface area contributed by atoms with Crippen molar-refractivity contribution >= 4 is 28.3 Å². The Labute approximate surface area is 151 Å². The largest absolute Gasteiger partial charge is 0.356 e. The van der Waals surface area contributed by atoms with Crippen molar-refractivity contribution < 1.29 is 4.79 Å². The number of hydrogen-bond acceptors (Lipinski definition) is 4. The molecule has 1 aliphatic rings. The Hall–Kier alpha value is -2.21. The quantitative estimate of drug-likeness (QED) is 0.715. The number of amides is 1. The first-order valence-corrected chi connectivity index (χ1v) is 9.34. The second-order valence-corrected chi connectivity index (χ2v) is 8.52. The first-order valence-electron chi connectivity index (χ1n) is 8.57. The number of aromatic nitrogens is 3. The summed E-state index contributed by atoms with van der Waals surface area (Å²) in [6, 6.07) is 8.39. The van der Waals surface area contributed by atoms with Gasteiger partial charge >= 0.3 is 0 Å². The molecule has 1 atom stereocenters. The van der Waals surface area contributed by atoms with Gasteiger partial charge in [-0.1, -0.05) is 43.5 Å². The lowest BCUT2D eigenvalue weighted by molar-refractivity contribution is 0.0479. The van der Waals surface area contributed by atoms with Crippen molar-refractivity contribution in [3.8, 4) is 0 Å². The third kappa shape index (κ3) is 2.56. The number of benzene rings is 1. The van der Waals surface area contributed by atoms with Gasteiger partial charge in [0.05, 0.1) is 11.7 Å². The number of nitrogens with zero attached hydrogens (tertiary/aromatic N) is 3. The molecular formula is C19H22N4OS. The molecule has 1 amide bonds. The van der Waals surface area contributed by atoms with Crippen molar-refractivity contribution in [1.29, 1.82) is 0 Å². The van der Waals surface area contributed by atoms with Gasteiger partial charge in [-0.2, -0.15) is 0 Å². The Balaban J connectivity index is 1.85. The molecule has 3 heterocycles. The summed E-state index contributed by atoms with van der Waals surface area (Å²) in [6.45, 7) is 9.14. The second-order valence-electron chi connectivity index (χ2n) is 7.77. The van der Waals surface area contributed by atoms with Crippen LogP contribution >= 0.6 is 11.5 Å². The van der Waals surface area contributed by atoms with Crippen molar-refractivity contribution in [1.82, 2.24) is 19.5 Å². The van der Waals surface area contributed by atoms with Crippen molar-refractivity contribution in [2.45, 2.75) is 40.2 Å². The highest BCUT2D eigenvalue weighted by molar-refractivity contribution is 7.07. The summed E-state index contributed by atoms with van der Waals surface area (Å²) >= 11 is 1.19. The molecular weight excluding hydrogens is 332 g/mol. The van der Waals surface area contributed by atoms with Crippen LogP contribution in [0.3, 0.4) is 0 Å². The van der Waals surface area contributed by atoms with E-state index in [1.165, 1.54) is 28.2 Å². The minimum Gasteiger partial charge on any atom is -0.356 e. The number of aryl methyl sites for hydroxylation is 1. The molecule has 25 heavy (non-hydrogen) atoms. The summed E-state index contributed by atoms with van der Waals surface area (Å²) in [7, 11) is 0. The fourth-order valence-corrected chi connectivity index (χ4v) is 4.53. The summed E-state index contributed by atoms with van der Waals surface area (Å²) in [4.78, 5) is 19.4. The van der Waals surface area contributed by atoms with Gasteiger partial charge in [0, 0.05) is 23.1 Å². The van der Waals surface area contributed by atoms with Crippen molar-refractivity contribution in [2.75, 3.05) is 6.54 Å². The fourth-order valence-electron chi connectivity index (χ4n) is 3.92. The van der Waals surface area contributed by atoms with Crippen LogP contribution in [0.4, 0.5) is 0 Å². The maximum atomic E-state index is 13.2. The monoisotopic (exact) mass is 354 g/mol. The average molecular weight is 354 g/mol. The third-order valence-electron chi connectivity index (χ3n) is 4.96. The predicted molar refractivity (Wildman–Crippen MR) is 99.9 cm³/mol. The van der Waals surface area contributed by atoms with Crippen LogP contribution in [0.2, 0.25) is 0 Å². The lowest BCUT2D eigenvalue weighted by Gasteiger charge is -2.43. The van der Waals surface area contributed by atoms with Crippen LogP contribution in [-0.2, 0) is 6.42 Å². The number of nitrogens with one attached hydrogen (secondary N) is 1. The summed E-state index contributed by atoms with van der Waals surface area (Å²) in [6.07, 6.45) is 0.864. The van der Waals surface area contributed by atoms with Crippen LogP contribution in [0.5, 0.6) is 0 Å². The van der Waals surface area contributed by atoms with Gasteiger partial charge in [-0.15, -0.1) is 5.10 Å². The molecule has 2 aromatic heterocycles. The second kappa shape index (κ2) is 5.66. The minimum atomic E-state index is -0.0856. The molecule has 5 nitrogen and oxygen atoms in total. The van der Waals surface area contributed by atoms with E-state index in [9.17, 15) is 4.79 Å². The zero-order valence-corrected chi connectivity index (χ0v) is 15.8. The predicted octanol–water partition coefficient (Wildman–Crippen LogP) is 4.11. The lowest BCUT2D eigenvalue weighted by atomic mass is 9.79. The van der Waals surface area contributed by atoms with E-state index in [-0.39, 0.29) is 17.4 Å². The topological polar surface area (TPSA) is 61.9 Å². The molecule has 0 bridgehead atoms. The van der Waals surface area contributed by atoms with Gasteiger partial charge in [0.2, 0.25) is 0 Å². The van der Waals surface area contributed by atoms with Crippen LogP contribution < -0.4 is 0 Å². The van der Waals surface area contributed by atoms with Gasteiger partial charge in [0.25, 0.3) is 5.91 Å². The molecule has 0 radical (unpaired) electrons. The van der Waals surface area contributed by atoms with Gasteiger partial charge in [0.1, 0.15) is 4.88 Å². The van der Waals surface area contributed by atoms with E-state index in [1.807, 2.05) is 17.9 Å². The smallest absolute Gasteiger partial charge is 0.268 e. The molecule has 3 aromatic rings. The number of carbonyl (C=O) groups excluding carboxylic acids is 1. The van der Waals surface area contributed by atoms with E-state index in [0.717, 1.165) is 11.9 Å². The van der Waals surface area contributed by atoms with Gasteiger partial charge in [-0.05, 0) is 41.9 Å². The van der Waals surface area contributed by atoms with E-state index >= 15 is 0 Å². The number of carbonyl (C=O) groups is 1. The molecule has 4 rings (SSSR count). The Morgan fingerprint density at radius 1 is 1.32 bits per heavy atom. The third-order valence-corrected chi connectivity index (χ3v) is 5.78. The standard InChI is InChI=1S/C19H22N4OS/c1-11-16(25-22-21-11)18(24)23-10-9-13-12-7-5-6-8-14(12)20-15(13)17(23)19(2,3)4/h5-8,17,20H,9-10H2,1-4H3. The van der Waals surface area contributed by atoms with Crippen LogP contribution in [0, 0.1) is 12.3 Å². The normalized spacial score (nSPS) is 17.8. The van der Waals surface area contributed by atoms with Crippen molar-refractivity contribution in [2.24, 2.45) is 5.41 Å². The van der Waals surface area contributed by atoms with Crippen LogP contribution in [0.25, 0.3) is 10.9 Å². The minimum absolute atomic E-state index is 0.00218. The summed E-state index contributed by atoms with van der Waals surface area (Å²) in [5.41, 5.74) is 4.29. The SMILES string of the molecule is Cc1nnsc1C(=O)N1CCc2c([nH]c3ccccc23)C1C(C)(C)C. The Morgan fingerprint density at radius 3 is 2.76 bits per heavy atom. The Bertz CT molecular complexity index is 950. The number of fused-ring (bicyclic) bond motifs is 3. The van der Waals surface area contributed by atoms with Crippen LogP contribution in [-0.4, -0.2) is 31.9 Å². The number of H-pyrrole nitrogens is 1. The van der Waals surface area contributed by atoms with E-state index < -0.39 is 0 Å². The Kier molecular flexibility index (Phi) is 3.68. The van der Waals surface area contributed by atoms with Gasteiger partial charge in [-0.25, -0.2) is 0 Å². The van der Waals surface area contributed by atoms with E-state index in [0.29, 0.717) is 17.1 Å². The average Bonchev–Trinajstić information content (AvgIpc) is 3.15. The first kappa shape index (κ1) is 16.3. The highest BCUT2D eigenvalue weighted by Gasteiger charge is 2.41. The molecule has 0 saturated heterocycles.